The van der Waals surface area contributed by atoms with Crippen molar-refractivity contribution in [2.75, 3.05) is 6.54 Å². The van der Waals surface area contributed by atoms with Crippen LogP contribution in [0.2, 0.25) is 0 Å². The third-order valence-corrected chi connectivity index (χ3v) is 4.05. The van der Waals surface area contributed by atoms with E-state index in [1.165, 1.54) is 6.07 Å². The number of aryl methyl sites for hydroxylation is 1. The van der Waals surface area contributed by atoms with Gasteiger partial charge in [0.25, 0.3) is 0 Å². The summed E-state index contributed by atoms with van der Waals surface area (Å²) in [7, 11) is -3.54. The van der Waals surface area contributed by atoms with Crippen LogP contribution in [-0.2, 0) is 10.0 Å². The molecule has 0 unspecified atom stereocenters. The van der Waals surface area contributed by atoms with Gasteiger partial charge >= 0.3 is 0 Å². The molecule has 0 saturated carbocycles. The summed E-state index contributed by atoms with van der Waals surface area (Å²) >= 11 is 0. The lowest BCUT2D eigenvalue weighted by Gasteiger charge is -2.08. The lowest BCUT2D eigenvalue weighted by molar-refractivity contribution is 0.581. The molecule has 1 rings (SSSR count). The minimum absolute atomic E-state index is 0.169. The molecule has 18 heavy (non-hydrogen) atoms. The summed E-state index contributed by atoms with van der Waals surface area (Å²) < 4.78 is 26.6. The molecular weight excluding hydrogens is 248 g/mol. The van der Waals surface area contributed by atoms with Crippen LogP contribution in [0.5, 0.6) is 0 Å². The van der Waals surface area contributed by atoms with Crippen LogP contribution in [0, 0.1) is 18.3 Å². The summed E-state index contributed by atoms with van der Waals surface area (Å²) in [5.41, 5.74) is 0.974. The summed E-state index contributed by atoms with van der Waals surface area (Å²) in [6, 6.07) is 6.58. The molecule has 0 atom stereocenters. The van der Waals surface area contributed by atoms with Gasteiger partial charge in [0.05, 0.1) is 16.5 Å². The molecule has 1 N–H and O–H groups in total. The predicted molar refractivity (Wildman–Crippen MR) is 70.5 cm³/mol. The molecule has 0 aromatic heterocycles. The molecule has 0 aliphatic carbocycles. The molecule has 1 aromatic carbocycles. The van der Waals surface area contributed by atoms with Crippen molar-refractivity contribution in [3.8, 4) is 6.07 Å². The Kier molecular flexibility index (Phi) is 5.08. The van der Waals surface area contributed by atoms with E-state index >= 15 is 0 Å². The first kappa shape index (κ1) is 14.4. The minimum Gasteiger partial charge on any atom is -0.211 e. The fourth-order valence-electron chi connectivity index (χ4n) is 1.48. The van der Waals surface area contributed by atoms with Crippen LogP contribution in [0.3, 0.4) is 0 Å². The number of sulfonamides is 1. The van der Waals surface area contributed by atoms with Gasteiger partial charge in [-0.15, -0.1) is 0 Å². The lowest BCUT2D eigenvalue weighted by atomic mass is 10.2. The zero-order valence-corrected chi connectivity index (χ0v) is 11.3. The van der Waals surface area contributed by atoms with E-state index in [9.17, 15) is 8.42 Å². The number of rotatable bonds is 5. The van der Waals surface area contributed by atoms with E-state index in [0.717, 1.165) is 0 Å². The van der Waals surface area contributed by atoms with Crippen molar-refractivity contribution in [1.82, 2.24) is 4.72 Å². The number of hydrogen-bond acceptors (Lipinski definition) is 3. The second kappa shape index (κ2) is 6.34. The second-order valence-electron chi connectivity index (χ2n) is 3.85. The van der Waals surface area contributed by atoms with E-state index in [0.29, 0.717) is 24.1 Å². The first-order chi connectivity index (χ1) is 8.51. The smallest absolute Gasteiger partial charge is 0.211 e. The highest BCUT2D eigenvalue weighted by atomic mass is 32.2. The van der Waals surface area contributed by atoms with Gasteiger partial charge in [-0.1, -0.05) is 18.2 Å². The Labute approximate surface area is 108 Å². The summed E-state index contributed by atoms with van der Waals surface area (Å²) in [6.07, 6.45) is 4.41. The van der Waals surface area contributed by atoms with Gasteiger partial charge in [-0.3, -0.25) is 0 Å². The van der Waals surface area contributed by atoms with Gasteiger partial charge in [0, 0.05) is 6.54 Å². The van der Waals surface area contributed by atoms with Gasteiger partial charge in [-0.25, -0.2) is 13.1 Å². The zero-order valence-electron chi connectivity index (χ0n) is 10.5. The Hall–Kier alpha value is -1.64. The van der Waals surface area contributed by atoms with Crippen molar-refractivity contribution in [1.29, 1.82) is 5.26 Å². The van der Waals surface area contributed by atoms with Crippen molar-refractivity contribution in [3.63, 3.8) is 0 Å². The normalized spacial score (nSPS) is 11.6. The molecular formula is C13H16N2O2S. The summed E-state index contributed by atoms with van der Waals surface area (Å²) in [5.74, 6) is 0. The highest BCUT2D eigenvalue weighted by Crippen LogP contribution is 2.16. The predicted octanol–water partition coefficient (Wildman–Crippen LogP) is 2.11. The molecule has 96 valence electrons. The Morgan fingerprint density at radius 3 is 2.78 bits per heavy atom. The van der Waals surface area contributed by atoms with Crippen LogP contribution < -0.4 is 4.72 Å². The van der Waals surface area contributed by atoms with Crippen molar-refractivity contribution in [3.05, 3.63) is 41.5 Å². The summed E-state index contributed by atoms with van der Waals surface area (Å²) in [6.45, 7) is 3.94. The Morgan fingerprint density at radius 1 is 1.44 bits per heavy atom. The number of hydrogen-bond donors (Lipinski definition) is 1. The van der Waals surface area contributed by atoms with E-state index in [2.05, 4.69) is 4.72 Å². The topological polar surface area (TPSA) is 70.0 Å². The number of allylic oxidation sites excluding steroid dienone is 1. The SMILES string of the molecule is C/C=C/CCNS(=O)(=O)c1cc(C#N)ccc1C. The fourth-order valence-corrected chi connectivity index (χ4v) is 2.80. The van der Waals surface area contributed by atoms with E-state index < -0.39 is 10.0 Å². The summed E-state index contributed by atoms with van der Waals surface area (Å²) in [4.78, 5) is 0.169. The second-order valence-corrected chi connectivity index (χ2v) is 5.58. The Balaban J connectivity index is 2.94. The first-order valence-electron chi connectivity index (χ1n) is 5.63. The van der Waals surface area contributed by atoms with Crippen LogP contribution in [0.4, 0.5) is 0 Å². The third kappa shape index (κ3) is 3.69. The molecule has 0 bridgehead atoms. The van der Waals surface area contributed by atoms with Gasteiger partial charge in [0.15, 0.2) is 0 Å². The van der Waals surface area contributed by atoms with Crippen molar-refractivity contribution in [2.24, 2.45) is 0 Å². The molecule has 1 aromatic rings. The molecule has 0 aliphatic rings. The Morgan fingerprint density at radius 2 is 2.17 bits per heavy atom. The van der Waals surface area contributed by atoms with Crippen LogP contribution in [0.1, 0.15) is 24.5 Å². The van der Waals surface area contributed by atoms with E-state index in [-0.39, 0.29) is 4.90 Å². The first-order valence-corrected chi connectivity index (χ1v) is 7.11. The van der Waals surface area contributed by atoms with Gasteiger partial charge in [-0.05, 0) is 38.0 Å². The Bertz CT molecular complexity index is 583. The molecule has 5 heteroatoms. The van der Waals surface area contributed by atoms with E-state index in [4.69, 9.17) is 5.26 Å². The number of nitriles is 1. The monoisotopic (exact) mass is 264 g/mol. The molecule has 0 aliphatic heterocycles. The van der Waals surface area contributed by atoms with Gasteiger partial charge in [0.1, 0.15) is 0 Å². The molecule has 0 heterocycles. The number of nitrogens with zero attached hydrogens (tertiary/aromatic N) is 1. The number of benzene rings is 1. The molecule has 0 spiro atoms. The van der Waals surface area contributed by atoms with Crippen LogP contribution >= 0.6 is 0 Å². The van der Waals surface area contributed by atoms with Gasteiger partial charge in [0.2, 0.25) is 10.0 Å². The molecule has 0 radical (unpaired) electrons. The third-order valence-electron chi connectivity index (χ3n) is 2.45. The van der Waals surface area contributed by atoms with E-state index in [1.54, 1.807) is 19.1 Å². The zero-order chi connectivity index (χ0) is 13.6. The quantitative estimate of drug-likeness (QED) is 0.654. The standard InChI is InChI=1S/C13H16N2O2S/c1-3-4-5-8-15-18(16,17)13-9-12(10-14)7-6-11(13)2/h3-4,6-7,9,15H,5,8H2,1-2H3/b4-3+. The maximum absolute atomic E-state index is 12.0. The highest BCUT2D eigenvalue weighted by molar-refractivity contribution is 7.89. The van der Waals surface area contributed by atoms with Crippen molar-refractivity contribution < 1.29 is 8.42 Å². The van der Waals surface area contributed by atoms with Gasteiger partial charge in [-0.2, -0.15) is 5.26 Å². The lowest BCUT2D eigenvalue weighted by Crippen LogP contribution is -2.25. The molecule has 0 fully saturated rings. The largest absolute Gasteiger partial charge is 0.240 e. The maximum atomic E-state index is 12.0. The number of nitrogens with one attached hydrogen (secondary N) is 1. The average molecular weight is 264 g/mol. The van der Waals surface area contributed by atoms with Gasteiger partial charge < -0.3 is 0 Å². The van der Waals surface area contributed by atoms with Crippen LogP contribution in [0.25, 0.3) is 0 Å². The molecule has 0 amide bonds. The highest BCUT2D eigenvalue weighted by Gasteiger charge is 2.16. The van der Waals surface area contributed by atoms with Crippen LogP contribution in [0.15, 0.2) is 35.2 Å². The fraction of sp³-hybridized carbons (Fsp3) is 0.308. The average Bonchev–Trinajstić information content (AvgIpc) is 2.35. The maximum Gasteiger partial charge on any atom is 0.240 e. The minimum atomic E-state index is -3.54. The molecule has 4 nitrogen and oxygen atoms in total. The van der Waals surface area contributed by atoms with Crippen LogP contribution in [-0.4, -0.2) is 15.0 Å². The van der Waals surface area contributed by atoms with Crippen molar-refractivity contribution in [2.45, 2.75) is 25.2 Å². The van der Waals surface area contributed by atoms with E-state index in [1.807, 2.05) is 25.1 Å². The van der Waals surface area contributed by atoms with Crippen molar-refractivity contribution >= 4 is 10.0 Å². The summed E-state index contributed by atoms with van der Waals surface area (Å²) in [5, 5.41) is 8.79. The molecule has 0 saturated heterocycles.